The number of hydrogen-bond acceptors (Lipinski definition) is 7. The Labute approximate surface area is 184 Å². The highest BCUT2D eigenvalue weighted by molar-refractivity contribution is 5.98. The van der Waals surface area contributed by atoms with Gasteiger partial charge in [-0.25, -0.2) is 4.79 Å². The summed E-state index contributed by atoms with van der Waals surface area (Å²) in [5.41, 5.74) is 3.28. The first-order valence-electron chi connectivity index (χ1n) is 11.0. The lowest BCUT2D eigenvalue weighted by atomic mass is 9.94. The van der Waals surface area contributed by atoms with E-state index in [4.69, 9.17) is 14.2 Å². The zero-order valence-corrected chi connectivity index (χ0v) is 18.8. The molecule has 0 amide bonds. The van der Waals surface area contributed by atoms with Gasteiger partial charge in [0.25, 0.3) is 0 Å². The summed E-state index contributed by atoms with van der Waals surface area (Å²) in [6, 6.07) is 0. The number of allylic oxidation sites excluding steroid dienone is 2. The van der Waals surface area contributed by atoms with Crippen LogP contribution in [0.2, 0.25) is 0 Å². The minimum Gasteiger partial charge on any atom is -0.507 e. The first kappa shape index (κ1) is 23.1. The van der Waals surface area contributed by atoms with Gasteiger partial charge in [-0.15, -0.1) is 0 Å². The molecule has 1 saturated heterocycles. The van der Waals surface area contributed by atoms with Gasteiger partial charge >= 0.3 is 11.9 Å². The monoisotopic (exact) mass is 431 g/mol. The molecule has 3 rings (SSSR count). The van der Waals surface area contributed by atoms with E-state index in [0.29, 0.717) is 42.7 Å². The van der Waals surface area contributed by atoms with Gasteiger partial charge in [0.05, 0.1) is 7.11 Å². The van der Waals surface area contributed by atoms with Crippen molar-refractivity contribution in [3.8, 4) is 11.5 Å². The number of ether oxygens (including phenoxy) is 3. The number of piperidine rings is 1. The molecule has 0 unspecified atom stereocenters. The normalized spacial score (nSPS) is 16.7. The molecule has 0 bridgehead atoms. The maximum atomic E-state index is 12.0. The summed E-state index contributed by atoms with van der Waals surface area (Å²) in [5, 5.41) is 10.7. The highest BCUT2D eigenvalue weighted by Gasteiger charge is 2.31. The summed E-state index contributed by atoms with van der Waals surface area (Å²) in [4.78, 5) is 26.4. The molecular formula is C24H33NO6. The largest absolute Gasteiger partial charge is 0.507 e. The molecule has 170 valence electrons. The molecule has 31 heavy (non-hydrogen) atoms. The van der Waals surface area contributed by atoms with E-state index in [-0.39, 0.29) is 23.9 Å². The Bertz CT molecular complexity index is 854. The van der Waals surface area contributed by atoms with Gasteiger partial charge in [0.1, 0.15) is 30.3 Å². The second-order valence-electron chi connectivity index (χ2n) is 8.29. The van der Waals surface area contributed by atoms with Crippen molar-refractivity contribution in [2.24, 2.45) is 0 Å². The van der Waals surface area contributed by atoms with Crippen LogP contribution in [0.15, 0.2) is 11.6 Å². The summed E-state index contributed by atoms with van der Waals surface area (Å²) in [6.07, 6.45) is 6.99. The Morgan fingerprint density at radius 2 is 1.97 bits per heavy atom. The topological polar surface area (TPSA) is 85.3 Å². The number of nitrogens with zero attached hydrogens (tertiary/aromatic N) is 1. The van der Waals surface area contributed by atoms with Crippen LogP contribution < -0.4 is 4.74 Å². The smallest absolute Gasteiger partial charge is 0.342 e. The van der Waals surface area contributed by atoms with Gasteiger partial charge in [-0.1, -0.05) is 18.1 Å². The molecule has 0 saturated carbocycles. The van der Waals surface area contributed by atoms with Crippen molar-refractivity contribution in [2.75, 3.05) is 33.4 Å². The summed E-state index contributed by atoms with van der Waals surface area (Å²) < 4.78 is 16.0. The maximum absolute atomic E-state index is 12.0. The van der Waals surface area contributed by atoms with Crippen molar-refractivity contribution in [2.45, 2.75) is 59.0 Å². The van der Waals surface area contributed by atoms with Crippen molar-refractivity contribution < 1.29 is 28.9 Å². The molecule has 2 aliphatic rings. The average molecular weight is 432 g/mol. The Morgan fingerprint density at radius 3 is 2.68 bits per heavy atom. The Kier molecular flexibility index (Phi) is 7.96. The van der Waals surface area contributed by atoms with Crippen LogP contribution in [0.4, 0.5) is 0 Å². The van der Waals surface area contributed by atoms with Crippen molar-refractivity contribution in [3.63, 3.8) is 0 Å². The van der Waals surface area contributed by atoms with Gasteiger partial charge < -0.3 is 19.3 Å². The quantitative estimate of drug-likeness (QED) is 0.472. The van der Waals surface area contributed by atoms with Crippen LogP contribution in [-0.4, -0.2) is 55.3 Å². The van der Waals surface area contributed by atoms with Crippen molar-refractivity contribution in [3.05, 3.63) is 33.9 Å². The minimum absolute atomic E-state index is 0.0823. The number of phenolic OH excluding ortho intramolecular Hbond substituents is 1. The third-order valence-electron chi connectivity index (χ3n) is 6.14. The van der Waals surface area contributed by atoms with Gasteiger partial charge in [-0.05, 0) is 58.2 Å². The number of likely N-dealkylation sites (tertiary alicyclic amines) is 1. The van der Waals surface area contributed by atoms with Crippen LogP contribution >= 0.6 is 0 Å². The standard InChI is InChI=1S/C24H33NO6/c1-16(8-10-20(26)30-14-13-25-11-5-4-6-12-25)7-9-18-22(27)21-19(15-31-24(21)28)17(2)23(18)29-3/h7,27H,4-6,8-15H2,1-3H3/b16-7+. The number of aromatic hydroxyl groups is 1. The molecule has 0 atom stereocenters. The van der Waals surface area contributed by atoms with E-state index >= 15 is 0 Å². The predicted molar refractivity (Wildman–Crippen MR) is 116 cm³/mol. The van der Waals surface area contributed by atoms with Crippen LogP contribution in [0.1, 0.15) is 66.1 Å². The van der Waals surface area contributed by atoms with E-state index in [2.05, 4.69) is 4.90 Å². The van der Waals surface area contributed by atoms with Crippen LogP contribution in [0.5, 0.6) is 11.5 Å². The van der Waals surface area contributed by atoms with Crippen LogP contribution in [0, 0.1) is 6.92 Å². The highest BCUT2D eigenvalue weighted by Crippen LogP contribution is 2.42. The zero-order chi connectivity index (χ0) is 22.4. The van der Waals surface area contributed by atoms with Gasteiger partial charge in [0.2, 0.25) is 0 Å². The predicted octanol–water partition coefficient (Wildman–Crippen LogP) is 3.68. The SMILES string of the molecule is COc1c(C)c2c(c(O)c1C/C=C(\C)CCC(=O)OCCN1CCCCC1)C(=O)OC2. The molecule has 0 spiro atoms. The molecule has 1 aromatic rings. The number of cyclic esters (lactones) is 1. The number of rotatable bonds is 9. The van der Waals surface area contributed by atoms with Gasteiger partial charge in [0, 0.05) is 24.1 Å². The number of hydrogen-bond donors (Lipinski definition) is 1. The molecule has 1 fully saturated rings. The fourth-order valence-electron chi connectivity index (χ4n) is 4.25. The van der Waals surface area contributed by atoms with Gasteiger partial charge in [-0.2, -0.15) is 0 Å². The fourth-order valence-corrected chi connectivity index (χ4v) is 4.25. The van der Waals surface area contributed by atoms with Gasteiger partial charge in [0.15, 0.2) is 0 Å². The molecule has 1 N–H and O–H groups in total. The number of benzene rings is 1. The lowest BCUT2D eigenvalue weighted by Gasteiger charge is -2.25. The van der Waals surface area contributed by atoms with Gasteiger partial charge in [-0.3, -0.25) is 9.69 Å². The molecular weight excluding hydrogens is 398 g/mol. The Balaban J connectivity index is 1.53. The Hall–Kier alpha value is -2.54. The lowest BCUT2D eigenvalue weighted by molar-refractivity contribution is -0.144. The summed E-state index contributed by atoms with van der Waals surface area (Å²) in [6.45, 7) is 7.39. The minimum atomic E-state index is -0.507. The van der Waals surface area contributed by atoms with E-state index in [1.54, 1.807) is 7.11 Å². The molecule has 0 aliphatic carbocycles. The molecule has 2 heterocycles. The third kappa shape index (κ3) is 5.58. The zero-order valence-electron chi connectivity index (χ0n) is 18.8. The first-order chi connectivity index (χ1) is 14.9. The second-order valence-corrected chi connectivity index (χ2v) is 8.29. The summed E-state index contributed by atoms with van der Waals surface area (Å²) in [5.74, 6) is -0.217. The fraction of sp³-hybridized carbons (Fsp3) is 0.583. The summed E-state index contributed by atoms with van der Waals surface area (Å²) in [7, 11) is 1.55. The average Bonchev–Trinajstić information content (AvgIpc) is 3.16. The number of fused-ring (bicyclic) bond motifs is 1. The number of esters is 2. The molecule has 7 nitrogen and oxygen atoms in total. The van der Waals surface area contributed by atoms with Crippen LogP contribution in [-0.2, 0) is 27.3 Å². The van der Waals surface area contributed by atoms with Crippen LogP contribution in [0.25, 0.3) is 0 Å². The summed E-state index contributed by atoms with van der Waals surface area (Å²) >= 11 is 0. The third-order valence-corrected chi connectivity index (χ3v) is 6.14. The number of methoxy groups -OCH3 is 1. The van der Waals surface area contributed by atoms with Crippen molar-refractivity contribution >= 4 is 11.9 Å². The lowest BCUT2D eigenvalue weighted by Crippen LogP contribution is -2.33. The Morgan fingerprint density at radius 1 is 1.23 bits per heavy atom. The first-order valence-corrected chi connectivity index (χ1v) is 11.0. The van der Waals surface area contributed by atoms with E-state index in [0.717, 1.165) is 30.8 Å². The maximum Gasteiger partial charge on any atom is 0.342 e. The van der Waals surface area contributed by atoms with E-state index in [9.17, 15) is 14.7 Å². The van der Waals surface area contributed by atoms with Crippen molar-refractivity contribution in [1.29, 1.82) is 0 Å². The number of phenols is 1. The van der Waals surface area contributed by atoms with E-state index in [1.165, 1.54) is 19.3 Å². The molecule has 0 radical (unpaired) electrons. The molecule has 7 heteroatoms. The van der Waals surface area contributed by atoms with E-state index in [1.807, 2.05) is 19.9 Å². The number of carbonyl (C=O) groups is 2. The van der Waals surface area contributed by atoms with Crippen molar-refractivity contribution in [1.82, 2.24) is 4.90 Å². The number of carbonyl (C=O) groups excluding carboxylic acids is 2. The highest BCUT2D eigenvalue weighted by atomic mass is 16.5. The molecule has 0 aromatic heterocycles. The van der Waals surface area contributed by atoms with E-state index < -0.39 is 5.97 Å². The second kappa shape index (κ2) is 10.7. The molecule has 1 aromatic carbocycles. The van der Waals surface area contributed by atoms with Crippen LogP contribution in [0.3, 0.4) is 0 Å². The molecule has 2 aliphatic heterocycles.